The lowest BCUT2D eigenvalue weighted by Crippen LogP contribution is -2.48. The van der Waals surface area contributed by atoms with Crippen LogP contribution in [-0.2, 0) is 4.79 Å². The van der Waals surface area contributed by atoms with Crippen molar-refractivity contribution in [2.24, 2.45) is 0 Å². The first kappa shape index (κ1) is 24.3. The highest BCUT2D eigenvalue weighted by molar-refractivity contribution is 9.10. The van der Waals surface area contributed by atoms with Gasteiger partial charge in [-0.1, -0.05) is 17.7 Å². The van der Waals surface area contributed by atoms with Crippen molar-refractivity contribution in [3.05, 3.63) is 51.5 Å². The molecule has 0 spiro atoms. The van der Waals surface area contributed by atoms with Crippen LogP contribution in [-0.4, -0.2) is 54.6 Å². The van der Waals surface area contributed by atoms with Crippen LogP contribution in [0, 0.1) is 0 Å². The van der Waals surface area contributed by atoms with Gasteiger partial charge in [0.05, 0.1) is 27.5 Å². The number of rotatable bonds is 5. The first-order valence-electron chi connectivity index (χ1n) is 10.1. The van der Waals surface area contributed by atoms with Crippen LogP contribution >= 0.6 is 39.7 Å². The number of thiocarbonyl (C=S) groups is 1. The molecule has 0 unspecified atom stereocenters. The van der Waals surface area contributed by atoms with Crippen LogP contribution in [0.4, 0.5) is 11.4 Å². The summed E-state index contributed by atoms with van der Waals surface area (Å²) < 4.78 is 6.17. The fourth-order valence-electron chi connectivity index (χ4n) is 3.43. The van der Waals surface area contributed by atoms with Gasteiger partial charge in [-0.2, -0.15) is 0 Å². The van der Waals surface area contributed by atoms with E-state index >= 15 is 0 Å². The van der Waals surface area contributed by atoms with E-state index in [4.69, 9.17) is 28.6 Å². The monoisotopic (exact) mass is 538 g/mol. The maximum atomic E-state index is 12.6. The van der Waals surface area contributed by atoms with Crippen LogP contribution < -0.4 is 20.3 Å². The molecule has 1 saturated heterocycles. The van der Waals surface area contributed by atoms with Crippen molar-refractivity contribution in [2.45, 2.75) is 13.8 Å². The molecular formula is C22H24BrClN4O3S. The Morgan fingerprint density at radius 3 is 2.53 bits per heavy atom. The van der Waals surface area contributed by atoms with E-state index in [1.807, 2.05) is 19.1 Å². The maximum Gasteiger partial charge on any atom is 0.257 e. The number of carbonyl (C=O) groups is 2. The predicted octanol–water partition coefficient (Wildman–Crippen LogP) is 4.30. The molecule has 0 aromatic heterocycles. The Morgan fingerprint density at radius 1 is 1.19 bits per heavy atom. The second kappa shape index (κ2) is 11.0. The molecule has 1 aliphatic heterocycles. The minimum Gasteiger partial charge on any atom is -0.493 e. The minimum atomic E-state index is -0.343. The van der Waals surface area contributed by atoms with E-state index in [2.05, 4.69) is 31.5 Å². The lowest BCUT2D eigenvalue weighted by Gasteiger charge is -2.37. The van der Waals surface area contributed by atoms with Gasteiger partial charge in [0, 0.05) is 38.7 Å². The van der Waals surface area contributed by atoms with Crippen molar-refractivity contribution in [3.8, 4) is 5.75 Å². The Labute approximate surface area is 206 Å². The van der Waals surface area contributed by atoms with Gasteiger partial charge in [-0.15, -0.1) is 0 Å². The fourth-order valence-corrected chi connectivity index (χ4v) is 4.42. The molecule has 3 rings (SSSR count). The standard InChI is InChI=1S/C22H24BrClN4O3S/c1-3-31-19-8-7-15(13-16(19)23)21(30)26-22(32)25-18-6-4-5-17(24)20(18)28-11-9-27(10-12-28)14(2)29/h4-8,13H,3,9-12H2,1-2H3,(H2,25,26,30,32). The van der Waals surface area contributed by atoms with Crippen molar-refractivity contribution in [1.29, 1.82) is 0 Å². The summed E-state index contributed by atoms with van der Waals surface area (Å²) in [5.41, 5.74) is 1.92. The van der Waals surface area contributed by atoms with Gasteiger partial charge in [-0.25, -0.2) is 0 Å². The molecule has 0 aliphatic carbocycles. The zero-order valence-corrected chi connectivity index (χ0v) is 20.9. The number of nitrogens with zero attached hydrogens (tertiary/aromatic N) is 2. The first-order chi connectivity index (χ1) is 15.3. The summed E-state index contributed by atoms with van der Waals surface area (Å²) in [5.74, 6) is 0.384. The van der Waals surface area contributed by atoms with Gasteiger partial charge < -0.3 is 19.9 Å². The summed E-state index contributed by atoms with van der Waals surface area (Å²) in [4.78, 5) is 28.2. The van der Waals surface area contributed by atoms with Crippen molar-refractivity contribution in [1.82, 2.24) is 10.2 Å². The molecule has 10 heteroatoms. The molecule has 0 saturated carbocycles. The normalized spacial score (nSPS) is 13.5. The number of anilines is 2. The summed E-state index contributed by atoms with van der Waals surface area (Å²) in [6.07, 6.45) is 0. The Kier molecular flexibility index (Phi) is 8.33. The predicted molar refractivity (Wildman–Crippen MR) is 135 cm³/mol. The number of carbonyl (C=O) groups excluding carboxylic acids is 2. The van der Waals surface area contributed by atoms with Crippen LogP contribution in [0.1, 0.15) is 24.2 Å². The van der Waals surface area contributed by atoms with E-state index in [1.165, 1.54) is 0 Å². The topological polar surface area (TPSA) is 73.9 Å². The Balaban J connectivity index is 1.69. The molecule has 0 radical (unpaired) electrons. The van der Waals surface area contributed by atoms with Gasteiger partial charge >= 0.3 is 0 Å². The van der Waals surface area contributed by atoms with E-state index in [1.54, 1.807) is 36.1 Å². The number of para-hydroxylation sites is 1. The lowest BCUT2D eigenvalue weighted by atomic mass is 10.2. The highest BCUT2D eigenvalue weighted by atomic mass is 79.9. The summed E-state index contributed by atoms with van der Waals surface area (Å²) >= 11 is 15.3. The van der Waals surface area contributed by atoms with Crippen LogP contribution in [0.5, 0.6) is 5.75 Å². The lowest BCUT2D eigenvalue weighted by molar-refractivity contribution is -0.129. The van der Waals surface area contributed by atoms with E-state index in [9.17, 15) is 9.59 Å². The van der Waals surface area contributed by atoms with Gasteiger partial charge in [-0.3, -0.25) is 14.9 Å². The van der Waals surface area contributed by atoms with Crippen molar-refractivity contribution < 1.29 is 14.3 Å². The molecule has 1 heterocycles. The molecule has 2 amide bonds. The average molecular weight is 540 g/mol. The maximum absolute atomic E-state index is 12.6. The zero-order chi connectivity index (χ0) is 23.3. The number of benzene rings is 2. The number of halogens is 2. The molecule has 1 fully saturated rings. The summed E-state index contributed by atoms with van der Waals surface area (Å²) in [7, 11) is 0. The average Bonchev–Trinajstić information content (AvgIpc) is 2.75. The minimum absolute atomic E-state index is 0.0620. The molecular weight excluding hydrogens is 516 g/mol. The number of hydrogen-bond acceptors (Lipinski definition) is 5. The zero-order valence-electron chi connectivity index (χ0n) is 17.8. The molecule has 2 N–H and O–H groups in total. The highest BCUT2D eigenvalue weighted by Gasteiger charge is 2.23. The molecule has 0 bridgehead atoms. The number of ether oxygens (including phenoxy) is 1. The highest BCUT2D eigenvalue weighted by Crippen LogP contribution is 2.34. The van der Waals surface area contributed by atoms with Gasteiger partial charge in [0.15, 0.2) is 5.11 Å². The fraction of sp³-hybridized carbons (Fsp3) is 0.318. The molecule has 32 heavy (non-hydrogen) atoms. The van der Waals surface area contributed by atoms with Crippen LogP contribution in [0.25, 0.3) is 0 Å². The third kappa shape index (κ3) is 5.90. The number of amides is 2. The van der Waals surface area contributed by atoms with Gasteiger partial charge in [0.1, 0.15) is 5.75 Å². The summed E-state index contributed by atoms with van der Waals surface area (Å²) in [6, 6.07) is 10.6. The van der Waals surface area contributed by atoms with E-state index in [0.717, 1.165) is 5.69 Å². The summed E-state index contributed by atoms with van der Waals surface area (Å²) in [6.45, 7) is 6.53. The van der Waals surface area contributed by atoms with Gasteiger partial charge in [0.2, 0.25) is 5.91 Å². The second-order valence-electron chi connectivity index (χ2n) is 7.12. The molecule has 7 nitrogen and oxygen atoms in total. The van der Waals surface area contributed by atoms with Crippen molar-refractivity contribution in [2.75, 3.05) is 43.0 Å². The van der Waals surface area contributed by atoms with Crippen LogP contribution in [0.3, 0.4) is 0 Å². The number of piperazine rings is 1. The molecule has 2 aromatic rings. The largest absolute Gasteiger partial charge is 0.493 e. The van der Waals surface area contributed by atoms with E-state index < -0.39 is 0 Å². The Bertz CT molecular complexity index is 1030. The SMILES string of the molecule is CCOc1ccc(C(=O)NC(=S)Nc2cccc(Cl)c2N2CCN(C(C)=O)CC2)cc1Br. The van der Waals surface area contributed by atoms with Gasteiger partial charge in [-0.05, 0) is 65.4 Å². The second-order valence-corrected chi connectivity index (χ2v) is 8.79. The molecule has 0 atom stereocenters. The Hall–Kier alpha value is -2.36. The molecule has 2 aromatic carbocycles. The number of hydrogen-bond donors (Lipinski definition) is 2. The van der Waals surface area contributed by atoms with Crippen LogP contribution in [0.15, 0.2) is 40.9 Å². The van der Waals surface area contributed by atoms with E-state index in [0.29, 0.717) is 59.3 Å². The smallest absolute Gasteiger partial charge is 0.257 e. The van der Waals surface area contributed by atoms with Crippen molar-refractivity contribution >= 4 is 68.1 Å². The molecule has 170 valence electrons. The van der Waals surface area contributed by atoms with E-state index in [-0.39, 0.29) is 16.9 Å². The molecule has 1 aliphatic rings. The first-order valence-corrected chi connectivity index (χ1v) is 11.7. The van der Waals surface area contributed by atoms with Crippen LogP contribution in [0.2, 0.25) is 5.02 Å². The third-order valence-corrected chi connectivity index (χ3v) is 6.13. The Morgan fingerprint density at radius 2 is 1.91 bits per heavy atom. The quantitative estimate of drug-likeness (QED) is 0.552. The number of nitrogens with one attached hydrogen (secondary N) is 2. The summed E-state index contributed by atoms with van der Waals surface area (Å²) in [5, 5.41) is 6.51. The van der Waals surface area contributed by atoms with Crippen molar-refractivity contribution in [3.63, 3.8) is 0 Å². The third-order valence-electron chi connectivity index (χ3n) is 5.00. The van der Waals surface area contributed by atoms with Gasteiger partial charge in [0.25, 0.3) is 5.91 Å².